The Morgan fingerprint density at radius 3 is 2.55 bits per heavy atom. The standard InChI is InChI=1S/C16H27N3O/c1-5-10-19(12-16(3,4)17)11-15(20)18-14-9-7-6-8-13(14)2/h6-9H,5,10-12,17H2,1-4H3,(H,18,20). The predicted molar refractivity (Wildman–Crippen MR) is 84.8 cm³/mol. The largest absolute Gasteiger partial charge is 0.325 e. The molecule has 4 nitrogen and oxygen atoms in total. The van der Waals surface area contributed by atoms with Crippen LogP contribution in [0.4, 0.5) is 5.69 Å². The summed E-state index contributed by atoms with van der Waals surface area (Å²) >= 11 is 0. The Kier molecular flexibility index (Phi) is 6.17. The SMILES string of the molecule is CCCN(CC(=O)Nc1ccccc1C)CC(C)(C)N. The first-order valence-electron chi connectivity index (χ1n) is 7.18. The zero-order valence-electron chi connectivity index (χ0n) is 13.1. The van der Waals surface area contributed by atoms with Gasteiger partial charge in [0, 0.05) is 17.8 Å². The Labute approximate surface area is 122 Å². The van der Waals surface area contributed by atoms with E-state index in [1.807, 2.05) is 45.0 Å². The molecular weight excluding hydrogens is 250 g/mol. The van der Waals surface area contributed by atoms with Gasteiger partial charge in [-0.3, -0.25) is 9.69 Å². The first-order chi connectivity index (χ1) is 9.31. The number of amides is 1. The van der Waals surface area contributed by atoms with Gasteiger partial charge in [0.2, 0.25) is 5.91 Å². The Morgan fingerprint density at radius 1 is 1.35 bits per heavy atom. The number of para-hydroxylation sites is 1. The van der Waals surface area contributed by atoms with Gasteiger partial charge in [0.05, 0.1) is 6.54 Å². The van der Waals surface area contributed by atoms with E-state index in [-0.39, 0.29) is 11.4 Å². The minimum Gasteiger partial charge on any atom is -0.325 e. The quantitative estimate of drug-likeness (QED) is 0.804. The van der Waals surface area contributed by atoms with Gasteiger partial charge in [0.25, 0.3) is 0 Å². The molecule has 0 aliphatic heterocycles. The van der Waals surface area contributed by atoms with Crippen molar-refractivity contribution in [2.24, 2.45) is 5.73 Å². The zero-order valence-corrected chi connectivity index (χ0v) is 13.1. The van der Waals surface area contributed by atoms with Crippen LogP contribution < -0.4 is 11.1 Å². The number of aryl methyl sites for hydroxylation is 1. The summed E-state index contributed by atoms with van der Waals surface area (Å²) in [7, 11) is 0. The third kappa shape index (κ3) is 6.17. The number of rotatable bonds is 7. The third-order valence-corrected chi connectivity index (χ3v) is 2.96. The summed E-state index contributed by atoms with van der Waals surface area (Å²) < 4.78 is 0. The van der Waals surface area contributed by atoms with Crippen LogP contribution in [0, 0.1) is 6.92 Å². The lowest BCUT2D eigenvalue weighted by Gasteiger charge is -2.29. The molecule has 0 atom stereocenters. The van der Waals surface area contributed by atoms with E-state index >= 15 is 0 Å². The van der Waals surface area contributed by atoms with Crippen molar-refractivity contribution in [2.45, 2.75) is 39.7 Å². The summed E-state index contributed by atoms with van der Waals surface area (Å²) in [6.07, 6.45) is 1.01. The van der Waals surface area contributed by atoms with Gasteiger partial charge in [-0.2, -0.15) is 0 Å². The lowest BCUT2D eigenvalue weighted by molar-refractivity contribution is -0.117. The van der Waals surface area contributed by atoms with Crippen LogP contribution in [0.2, 0.25) is 0 Å². The summed E-state index contributed by atoms with van der Waals surface area (Å²) in [5, 5.41) is 2.96. The van der Waals surface area contributed by atoms with Gasteiger partial charge >= 0.3 is 0 Å². The van der Waals surface area contributed by atoms with Crippen LogP contribution in [0.5, 0.6) is 0 Å². The predicted octanol–water partition coefficient (Wildman–Crippen LogP) is 2.38. The Hall–Kier alpha value is -1.39. The molecule has 0 unspecified atom stereocenters. The molecule has 0 fully saturated rings. The first kappa shape index (κ1) is 16.7. The fourth-order valence-corrected chi connectivity index (χ4v) is 2.21. The highest BCUT2D eigenvalue weighted by Gasteiger charge is 2.18. The molecule has 4 heteroatoms. The molecule has 3 N–H and O–H groups in total. The van der Waals surface area contributed by atoms with E-state index in [9.17, 15) is 4.79 Å². The smallest absolute Gasteiger partial charge is 0.238 e. The van der Waals surface area contributed by atoms with Gasteiger partial charge in [0.15, 0.2) is 0 Å². The first-order valence-corrected chi connectivity index (χ1v) is 7.18. The van der Waals surface area contributed by atoms with Crippen molar-refractivity contribution >= 4 is 11.6 Å². The van der Waals surface area contributed by atoms with E-state index in [1.54, 1.807) is 0 Å². The maximum atomic E-state index is 12.1. The average Bonchev–Trinajstić information content (AvgIpc) is 2.30. The average molecular weight is 277 g/mol. The number of nitrogens with zero attached hydrogens (tertiary/aromatic N) is 1. The molecule has 0 saturated carbocycles. The molecule has 0 aromatic heterocycles. The summed E-state index contributed by atoms with van der Waals surface area (Å²) in [6, 6.07) is 7.80. The summed E-state index contributed by atoms with van der Waals surface area (Å²) in [6.45, 7) is 10.0. The van der Waals surface area contributed by atoms with Crippen LogP contribution in [0.15, 0.2) is 24.3 Å². The molecule has 0 aliphatic rings. The van der Waals surface area contributed by atoms with Crippen LogP contribution in [0.1, 0.15) is 32.8 Å². The zero-order chi connectivity index (χ0) is 15.2. The van der Waals surface area contributed by atoms with Gasteiger partial charge < -0.3 is 11.1 Å². The third-order valence-electron chi connectivity index (χ3n) is 2.96. The molecule has 0 spiro atoms. The van der Waals surface area contributed by atoms with Crippen molar-refractivity contribution in [1.82, 2.24) is 4.90 Å². The number of nitrogens with one attached hydrogen (secondary N) is 1. The van der Waals surface area contributed by atoms with Crippen molar-refractivity contribution in [1.29, 1.82) is 0 Å². The van der Waals surface area contributed by atoms with E-state index < -0.39 is 0 Å². The fourth-order valence-electron chi connectivity index (χ4n) is 2.21. The highest BCUT2D eigenvalue weighted by molar-refractivity contribution is 5.92. The van der Waals surface area contributed by atoms with Crippen molar-refractivity contribution in [3.05, 3.63) is 29.8 Å². The van der Waals surface area contributed by atoms with Crippen molar-refractivity contribution < 1.29 is 4.79 Å². The second kappa shape index (κ2) is 7.41. The molecule has 0 bridgehead atoms. The van der Waals surface area contributed by atoms with Gasteiger partial charge in [-0.05, 0) is 45.4 Å². The second-order valence-electron chi connectivity index (χ2n) is 6.06. The van der Waals surface area contributed by atoms with Gasteiger partial charge in [-0.25, -0.2) is 0 Å². The molecule has 0 saturated heterocycles. The Morgan fingerprint density at radius 2 is 2.00 bits per heavy atom. The minimum atomic E-state index is -0.294. The number of hydrogen-bond acceptors (Lipinski definition) is 3. The molecule has 1 aromatic rings. The maximum absolute atomic E-state index is 12.1. The van der Waals surface area contributed by atoms with Crippen LogP contribution in [-0.4, -0.2) is 36.0 Å². The maximum Gasteiger partial charge on any atom is 0.238 e. The van der Waals surface area contributed by atoms with Crippen LogP contribution >= 0.6 is 0 Å². The van der Waals surface area contributed by atoms with Crippen molar-refractivity contribution in [2.75, 3.05) is 25.0 Å². The van der Waals surface area contributed by atoms with Crippen molar-refractivity contribution in [3.63, 3.8) is 0 Å². The Bertz CT molecular complexity index is 438. The molecule has 1 amide bonds. The molecule has 0 aliphatic carbocycles. The Balaban J connectivity index is 2.60. The number of hydrogen-bond donors (Lipinski definition) is 2. The number of anilines is 1. The molecule has 0 heterocycles. The van der Waals surface area contributed by atoms with E-state index in [2.05, 4.69) is 17.1 Å². The van der Waals surface area contributed by atoms with E-state index in [4.69, 9.17) is 5.73 Å². The molecule has 1 aromatic carbocycles. The molecule has 1 rings (SSSR count). The normalized spacial score (nSPS) is 11.7. The van der Waals surface area contributed by atoms with Gasteiger partial charge in [0.1, 0.15) is 0 Å². The molecule has 20 heavy (non-hydrogen) atoms. The number of carbonyl (C=O) groups is 1. The topological polar surface area (TPSA) is 58.4 Å². The van der Waals surface area contributed by atoms with E-state index in [0.29, 0.717) is 13.1 Å². The fraction of sp³-hybridized carbons (Fsp3) is 0.562. The lowest BCUT2D eigenvalue weighted by atomic mass is 10.1. The van der Waals surface area contributed by atoms with Crippen molar-refractivity contribution in [3.8, 4) is 0 Å². The summed E-state index contributed by atoms with van der Waals surface area (Å²) in [4.78, 5) is 14.2. The number of benzene rings is 1. The molecule has 112 valence electrons. The van der Waals surface area contributed by atoms with E-state index in [1.165, 1.54) is 0 Å². The van der Waals surface area contributed by atoms with Gasteiger partial charge in [-0.15, -0.1) is 0 Å². The van der Waals surface area contributed by atoms with E-state index in [0.717, 1.165) is 24.2 Å². The van der Waals surface area contributed by atoms with Crippen LogP contribution in [0.25, 0.3) is 0 Å². The number of nitrogens with two attached hydrogens (primary N) is 1. The summed E-state index contributed by atoms with van der Waals surface area (Å²) in [5.41, 5.74) is 7.70. The van der Waals surface area contributed by atoms with Crippen LogP contribution in [0.3, 0.4) is 0 Å². The second-order valence-corrected chi connectivity index (χ2v) is 6.06. The van der Waals surface area contributed by atoms with Gasteiger partial charge in [-0.1, -0.05) is 25.1 Å². The van der Waals surface area contributed by atoms with Crippen LogP contribution in [-0.2, 0) is 4.79 Å². The summed E-state index contributed by atoms with van der Waals surface area (Å²) in [5.74, 6) is 0.0111. The molecular formula is C16H27N3O. The lowest BCUT2D eigenvalue weighted by Crippen LogP contribution is -2.47. The highest BCUT2D eigenvalue weighted by atomic mass is 16.2. The monoisotopic (exact) mass is 277 g/mol. The molecule has 0 radical (unpaired) electrons. The highest BCUT2D eigenvalue weighted by Crippen LogP contribution is 2.13. The minimum absolute atomic E-state index is 0.0111. The number of carbonyl (C=O) groups excluding carboxylic acids is 1.